The van der Waals surface area contributed by atoms with E-state index in [4.69, 9.17) is 11.0 Å². The second-order valence-corrected chi connectivity index (χ2v) is 5.67. The molecule has 3 unspecified atom stereocenters. The summed E-state index contributed by atoms with van der Waals surface area (Å²) in [5, 5.41) is 8.72. The maximum Gasteiger partial charge on any atom is 0.0930 e. The Morgan fingerprint density at radius 2 is 2.21 bits per heavy atom. The summed E-state index contributed by atoms with van der Waals surface area (Å²) in [6, 6.07) is 1.92. The lowest BCUT2D eigenvalue weighted by atomic mass is 9.78. The van der Waals surface area contributed by atoms with E-state index in [1.54, 1.807) is 0 Å². The molecule has 78 valence electrons. The van der Waals surface area contributed by atoms with Gasteiger partial charge in [0.1, 0.15) is 0 Å². The van der Waals surface area contributed by atoms with Gasteiger partial charge >= 0.3 is 0 Å². The average molecular weight is 192 g/mol. The Bertz CT molecular complexity index is 264. The third kappa shape index (κ3) is 1.35. The van der Waals surface area contributed by atoms with E-state index in [1.807, 2.05) is 0 Å². The van der Waals surface area contributed by atoms with Crippen LogP contribution in [0.3, 0.4) is 0 Å². The summed E-state index contributed by atoms with van der Waals surface area (Å²) in [7, 11) is 0. The first kappa shape index (κ1) is 9.98. The predicted molar refractivity (Wildman–Crippen MR) is 56.3 cm³/mol. The van der Waals surface area contributed by atoms with Crippen LogP contribution in [0.5, 0.6) is 0 Å². The lowest BCUT2D eigenvalue weighted by Gasteiger charge is -2.27. The molecule has 14 heavy (non-hydrogen) atoms. The van der Waals surface area contributed by atoms with Crippen molar-refractivity contribution in [2.24, 2.45) is 28.9 Å². The van der Waals surface area contributed by atoms with Crippen LogP contribution >= 0.6 is 0 Å². The zero-order chi connectivity index (χ0) is 10.3. The molecule has 0 saturated heterocycles. The molecule has 2 saturated carbocycles. The van der Waals surface area contributed by atoms with Gasteiger partial charge in [-0.15, -0.1) is 0 Å². The molecule has 2 rings (SSSR count). The molecule has 4 atom stereocenters. The van der Waals surface area contributed by atoms with Crippen LogP contribution in [0.15, 0.2) is 0 Å². The monoisotopic (exact) mass is 192 g/mol. The van der Waals surface area contributed by atoms with E-state index in [2.05, 4.69) is 19.9 Å². The minimum atomic E-state index is -0.241. The largest absolute Gasteiger partial charge is 0.316 e. The zero-order valence-electron chi connectivity index (χ0n) is 9.16. The minimum absolute atomic E-state index is 0.241. The summed E-state index contributed by atoms with van der Waals surface area (Å²) < 4.78 is 0. The van der Waals surface area contributed by atoms with E-state index >= 15 is 0 Å². The molecule has 2 aliphatic rings. The van der Waals surface area contributed by atoms with Crippen LogP contribution in [-0.2, 0) is 0 Å². The topological polar surface area (TPSA) is 49.8 Å². The first-order valence-corrected chi connectivity index (χ1v) is 5.71. The van der Waals surface area contributed by atoms with E-state index in [0.717, 1.165) is 24.2 Å². The van der Waals surface area contributed by atoms with Gasteiger partial charge in [0.2, 0.25) is 0 Å². The number of hydrogen-bond donors (Lipinski definition) is 1. The third-order valence-electron chi connectivity index (χ3n) is 4.71. The summed E-state index contributed by atoms with van der Waals surface area (Å²) in [6.45, 7) is 4.79. The highest BCUT2D eigenvalue weighted by Gasteiger charge is 2.52. The summed E-state index contributed by atoms with van der Waals surface area (Å²) in [6.07, 6.45) is 4.99. The maximum absolute atomic E-state index is 8.72. The van der Waals surface area contributed by atoms with Gasteiger partial charge in [-0.2, -0.15) is 5.26 Å². The Morgan fingerprint density at radius 3 is 2.64 bits per heavy atom. The third-order valence-corrected chi connectivity index (χ3v) is 4.71. The molecule has 2 heteroatoms. The van der Waals surface area contributed by atoms with Gasteiger partial charge < -0.3 is 5.73 Å². The molecule has 0 amide bonds. The van der Waals surface area contributed by atoms with Gasteiger partial charge in [0.15, 0.2) is 0 Å². The highest BCUT2D eigenvalue weighted by Crippen LogP contribution is 2.61. The molecular formula is C12H20N2. The molecule has 2 fully saturated rings. The fraction of sp³-hybridized carbons (Fsp3) is 0.917. The van der Waals surface area contributed by atoms with Crippen LogP contribution in [0.4, 0.5) is 0 Å². The number of nitrogens with zero attached hydrogens (tertiary/aromatic N) is 1. The molecule has 0 aliphatic heterocycles. The minimum Gasteiger partial charge on any atom is -0.316 e. The van der Waals surface area contributed by atoms with E-state index < -0.39 is 0 Å². The van der Waals surface area contributed by atoms with E-state index in [-0.39, 0.29) is 6.04 Å². The first-order valence-electron chi connectivity index (χ1n) is 5.71. The predicted octanol–water partition coefficient (Wildman–Crippen LogP) is 2.30. The van der Waals surface area contributed by atoms with Gasteiger partial charge in [-0.1, -0.05) is 13.8 Å². The smallest absolute Gasteiger partial charge is 0.0930 e. The molecule has 2 N–H and O–H groups in total. The lowest BCUT2D eigenvalue weighted by molar-refractivity contribution is 0.227. The molecule has 0 aromatic rings. The Labute approximate surface area is 86.5 Å². The summed E-state index contributed by atoms with van der Waals surface area (Å²) in [5.74, 6) is 2.44. The van der Waals surface area contributed by atoms with Crippen molar-refractivity contribution in [3.8, 4) is 6.07 Å². The normalized spacial score (nSPS) is 40.9. The Morgan fingerprint density at radius 1 is 1.50 bits per heavy atom. The quantitative estimate of drug-likeness (QED) is 0.729. The van der Waals surface area contributed by atoms with Crippen LogP contribution in [0.1, 0.15) is 39.5 Å². The van der Waals surface area contributed by atoms with E-state index in [1.165, 1.54) is 19.3 Å². The van der Waals surface area contributed by atoms with E-state index in [9.17, 15) is 0 Å². The molecule has 0 spiro atoms. The number of nitrogens with two attached hydrogens (primary N) is 1. The molecule has 0 aromatic carbocycles. The van der Waals surface area contributed by atoms with Crippen molar-refractivity contribution in [1.82, 2.24) is 0 Å². The molecular weight excluding hydrogens is 172 g/mol. The summed E-state index contributed by atoms with van der Waals surface area (Å²) in [5.41, 5.74) is 6.23. The number of hydrogen-bond acceptors (Lipinski definition) is 2. The second-order valence-electron chi connectivity index (χ2n) is 5.67. The van der Waals surface area contributed by atoms with Crippen molar-refractivity contribution in [1.29, 1.82) is 5.26 Å². The van der Waals surface area contributed by atoms with Crippen LogP contribution in [-0.4, -0.2) is 6.04 Å². The van der Waals surface area contributed by atoms with E-state index in [0.29, 0.717) is 5.41 Å². The van der Waals surface area contributed by atoms with Gasteiger partial charge in [0, 0.05) is 0 Å². The summed E-state index contributed by atoms with van der Waals surface area (Å²) in [4.78, 5) is 0. The van der Waals surface area contributed by atoms with Crippen LogP contribution < -0.4 is 5.73 Å². The molecule has 2 bridgehead atoms. The van der Waals surface area contributed by atoms with Crippen LogP contribution in [0.25, 0.3) is 0 Å². The number of rotatable bonds is 2. The Kier molecular flexibility index (Phi) is 2.31. The fourth-order valence-electron chi connectivity index (χ4n) is 3.86. The standard InChI is InChI=1S/C12H20N2/c1-12(2)9-3-4-11(12)8(5-9)6-10(14)7-13/h8-11H,3-6,14H2,1-2H3/t8-,9?,10?,11?/m1/s1. The van der Waals surface area contributed by atoms with Crippen molar-refractivity contribution in [2.45, 2.75) is 45.6 Å². The summed E-state index contributed by atoms with van der Waals surface area (Å²) >= 11 is 0. The highest BCUT2D eigenvalue weighted by molar-refractivity contribution is 5.04. The Hall–Kier alpha value is -0.550. The van der Waals surface area contributed by atoms with Gasteiger partial charge in [0.05, 0.1) is 12.1 Å². The lowest BCUT2D eigenvalue weighted by Crippen LogP contribution is -2.26. The van der Waals surface area contributed by atoms with Crippen molar-refractivity contribution in [3.05, 3.63) is 0 Å². The van der Waals surface area contributed by atoms with Gasteiger partial charge in [-0.05, 0) is 48.9 Å². The highest BCUT2D eigenvalue weighted by atomic mass is 14.7. The fourth-order valence-corrected chi connectivity index (χ4v) is 3.86. The molecule has 0 aromatic heterocycles. The van der Waals surface area contributed by atoms with Gasteiger partial charge in [-0.3, -0.25) is 0 Å². The molecule has 2 nitrogen and oxygen atoms in total. The maximum atomic E-state index is 8.72. The molecule has 0 radical (unpaired) electrons. The molecule has 2 aliphatic carbocycles. The number of fused-ring (bicyclic) bond motifs is 2. The SMILES string of the molecule is CC1(C)C2CCC1[C@@H](CC(N)C#N)C2. The second kappa shape index (κ2) is 3.24. The Balaban J connectivity index is 2.03. The van der Waals surface area contributed by atoms with Crippen molar-refractivity contribution < 1.29 is 0 Å². The van der Waals surface area contributed by atoms with Crippen molar-refractivity contribution in [3.63, 3.8) is 0 Å². The van der Waals surface area contributed by atoms with Crippen molar-refractivity contribution >= 4 is 0 Å². The zero-order valence-corrected chi connectivity index (χ0v) is 9.16. The van der Waals surface area contributed by atoms with Crippen molar-refractivity contribution in [2.75, 3.05) is 0 Å². The van der Waals surface area contributed by atoms with Gasteiger partial charge in [0.25, 0.3) is 0 Å². The van der Waals surface area contributed by atoms with Crippen LogP contribution in [0, 0.1) is 34.5 Å². The van der Waals surface area contributed by atoms with Crippen LogP contribution in [0.2, 0.25) is 0 Å². The first-order chi connectivity index (χ1) is 6.55. The molecule has 0 heterocycles. The average Bonchev–Trinajstić information content (AvgIpc) is 2.54. The number of nitriles is 1. The van der Waals surface area contributed by atoms with Gasteiger partial charge in [-0.25, -0.2) is 0 Å².